The van der Waals surface area contributed by atoms with Crippen LogP contribution in [0.5, 0.6) is 0 Å². The van der Waals surface area contributed by atoms with Crippen molar-refractivity contribution in [2.24, 2.45) is 0 Å². The lowest BCUT2D eigenvalue weighted by molar-refractivity contribution is -0.139. The molecule has 2 rings (SSSR count). The average Bonchev–Trinajstić information content (AvgIpc) is 2.55. The molecule has 1 heterocycles. The monoisotopic (exact) mass is 317 g/mol. The summed E-state index contributed by atoms with van der Waals surface area (Å²) >= 11 is 6.04. The van der Waals surface area contributed by atoms with Crippen molar-refractivity contribution in [2.45, 2.75) is 13.0 Å². The van der Waals surface area contributed by atoms with Gasteiger partial charge in [-0.05, 0) is 18.6 Å². The average molecular weight is 318 g/mol. The number of aliphatic hydroxyl groups is 1. The zero-order chi connectivity index (χ0) is 16.1. The molecule has 0 saturated heterocycles. The van der Waals surface area contributed by atoms with Crippen LogP contribution in [0, 0.1) is 0 Å². The van der Waals surface area contributed by atoms with Crippen molar-refractivity contribution in [1.29, 1.82) is 0 Å². The van der Waals surface area contributed by atoms with Gasteiger partial charge < -0.3 is 9.84 Å². The second kappa shape index (κ2) is 7.20. The first-order valence-corrected chi connectivity index (χ1v) is 7.17. The summed E-state index contributed by atoms with van der Waals surface area (Å²) in [4.78, 5) is 15.8. The Balaban J connectivity index is 2.35. The summed E-state index contributed by atoms with van der Waals surface area (Å²) in [6.45, 7) is 5.47. The maximum atomic E-state index is 11.7. The van der Waals surface area contributed by atoms with E-state index in [-0.39, 0.29) is 17.3 Å². The van der Waals surface area contributed by atoms with E-state index >= 15 is 0 Å². The molecule has 22 heavy (non-hydrogen) atoms. The van der Waals surface area contributed by atoms with Crippen LogP contribution >= 0.6 is 11.6 Å². The first-order valence-electron chi connectivity index (χ1n) is 6.79. The lowest BCUT2D eigenvalue weighted by atomic mass is 10.0. The van der Waals surface area contributed by atoms with Gasteiger partial charge >= 0.3 is 5.97 Å². The normalized spacial score (nSPS) is 11.8. The third-order valence-corrected chi connectivity index (χ3v) is 3.45. The fourth-order valence-electron chi connectivity index (χ4n) is 1.97. The molecule has 0 bridgehead atoms. The summed E-state index contributed by atoms with van der Waals surface area (Å²) in [6.07, 6.45) is 0.351. The van der Waals surface area contributed by atoms with Crippen LogP contribution in [-0.4, -0.2) is 22.7 Å². The van der Waals surface area contributed by atoms with Gasteiger partial charge in [0.15, 0.2) is 0 Å². The topological polar surface area (TPSA) is 59.4 Å². The molecular weight excluding hydrogens is 302 g/mol. The van der Waals surface area contributed by atoms with E-state index in [4.69, 9.17) is 16.3 Å². The van der Waals surface area contributed by atoms with Crippen molar-refractivity contribution in [3.05, 3.63) is 65.5 Å². The van der Waals surface area contributed by atoms with Crippen LogP contribution < -0.4 is 0 Å². The minimum Gasteiger partial charge on any atom is -0.463 e. The zero-order valence-electron chi connectivity index (χ0n) is 12.1. The highest BCUT2D eigenvalue weighted by atomic mass is 35.5. The lowest BCUT2D eigenvalue weighted by Crippen LogP contribution is -2.14. The number of esters is 1. The zero-order valence-corrected chi connectivity index (χ0v) is 12.9. The summed E-state index contributed by atoms with van der Waals surface area (Å²) < 4.78 is 4.84. The van der Waals surface area contributed by atoms with Crippen molar-refractivity contribution >= 4 is 17.6 Å². The van der Waals surface area contributed by atoms with E-state index in [2.05, 4.69) is 11.6 Å². The Bertz CT molecular complexity index is 686. The molecule has 1 atom stereocenters. The Morgan fingerprint density at radius 2 is 2.05 bits per heavy atom. The molecule has 114 valence electrons. The van der Waals surface area contributed by atoms with E-state index in [0.29, 0.717) is 5.56 Å². The minimum absolute atomic E-state index is 0.0734. The third kappa shape index (κ3) is 3.53. The van der Waals surface area contributed by atoms with Crippen LogP contribution in [0.15, 0.2) is 54.7 Å². The first kappa shape index (κ1) is 16.2. The molecule has 5 heteroatoms. The highest BCUT2D eigenvalue weighted by Gasteiger charge is 2.22. The smallest absolute Gasteiger partial charge is 0.336 e. The Hall–Kier alpha value is -2.17. The number of hydrogen-bond acceptors (Lipinski definition) is 4. The number of benzene rings is 1. The molecule has 4 nitrogen and oxygen atoms in total. The van der Waals surface area contributed by atoms with Gasteiger partial charge in [0.25, 0.3) is 0 Å². The van der Waals surface area contributed by atoms with Crippen molar-refractivity contribution in [3.63, 3.8) is 0 Å². The van der Waals surface area contributed by atoms with Gasteiger partial charge in [0.2, 0.25) is 0 Å². The van der Waals surface area contributed by atoms with Crippen LogP contribution in [0.2, 0.25) is 5.15 Å². The molecule has 0 fully saturated rings. The maximum absolute atomic E-state index is 11.7. The highest BCUT2D eigenvalue weighted by molar-refractivity contribution is 6.30. The van der Waals surface area contributed by atoms with Crippen molar-refractivity contribution in [3.8, 4) is 11.1 Å². The molecule has 0 amide bonds. The number of hydrogen-bond donors (Lipinski definition) is 1. The van der Waals surface area contributed by atoms with Gasteiger partial charge in [0, 0.05) is 17.3 Å². The van der Waals surface area contributed by atoms with Gasteiger partial charge in [-0.1, -0.05) is 48.5 Å². The van der Waals surface area contributed by atoms with Crippen LogP contribution in [0.4, 0.5) is 0 Å². The number of aliphatic hydroxyl groups excluding tert-OH is 1. The molecule has 1 N–H and O–H groups in total. The van der Waals surface area contributed by atoms with E-state index < -0.39 is 12.1 Å². The number of ether oxygens (including phenoxy) is 1. The largest absolute Gasteiger partial charge is 0.463 e. The molecule has 0 aliphatic carbocycles. The van der Waals surface area contributed by atoms with Gasteiger partial charge in [-0.3, -0.25) is 0 Å². The number of aromatic nitrogens is 1. The summed E-state index contributed by atoms with van der Waals surface area (Å²) in [5.74, 6) is -0.656. The molecule has 1 unspecified atom stereocenters. The standard InChI is InChI=1S/C17H16ClNO3/c1-3-22-17(21)11(2)15(20)14-9-13(10-19-16(14)18)12-7-5-4-6-8-12/h4-10,15,20H,2-3H2,1H3. The molecule has 0 aliphatic heterocycles. The van der Waals surface area contributed by atoms with E-state index in [9.17, 15) is 9.90 Å². The number of halogens is 1. The minimum atomic E-state index is -1.26. The number of carbonyl (C=O) groups excluding carboxylic acids is 1. The summed E-state index contributed by atoms with van der Waals surface area (Å²) in [7, 11) is 0. The van der Waals surface area contributed by atoms with E-state index in [0.717, 1.165) is 11.1 Å². The van der Waals surface area contributed by atoms with Crippen molar-refractivity contribution in [1.82, 2.24) is 4.98 Å². The van der Waals surface area contributed by atoms with Crippen molar-refractivity contribution in [2.75, 3.05) is 6.61 Å². The van der Waals surface area contributed by atoms with Crippen LogP contribution in [0.25, 0.3) is 11.1 Å². The Morgan fingerprint density at radius 3 is 2.68 bits per heavy atom. The van der Waals surface area contributed by atoms with Crippen LogP contribution in [0.1, 0.15) is 18.6 Å². The first-order chi connectivity index (χ1) is 10.5. The molecule has 0 radical (unpaired) electrons. The summed E-state index contributed by atoms with van der Waals surface area (Å²) in [6, 6.07) is 11.2. The molecule has 1 aromatic heterocycles. The Morgan fingerprint density at radius 1 is 1.36 bits per heavy atom. The molecule has 0 aliphatic rings. The predicted molar refractivity (Wildman–Crippen MR) is 85.4 cm³/mol. The van der Waals surface area contributed by atoms with Gasteiger partial charge in [-0.2, -0.15) is 0 Å². The van der Waals surface area contributed by atoms with Gasteiger partial charge in [-0.15, -0.1) is 0 Å². The highest BCUT2D eigenvalue weighted by Crippen LogP contribution is 2.30. The summed E-state index contributed by atoms with van der Waals surface area (Å²) in [5.41, 5.74) is 1.97. The van der Waals surface area contributed by atoms with Crippen LogP contribution in [-0.2, 0) is 9.53 Å². The second-order valence-corrected chi connectivity index (χ2v) is 4.98. The number of carbonyl (C=O) groups is 1. The van der Waals surface area contributed by atoms with Gasteiger partial charge in [-0.25, -0.2) is 9.78 Å². The number of pyridine rings is 1. The fraction of sp³-hybridized carbons (Fsp3) is 0.176. The Kier molecular flexibility index (Phi) is 5.31. The van der Waals surface area contributed by atoms with E-state index in [1.54, 1.807) is 19.2 Å². The molecule has 2 aromatic rings. The summed E-state index contributed by atoms with van der Waals surface area (Å²) in [5, 5.41) is 10.4. The maximum Gasteiger partial charge on any atom is 0.336 e. The number of rotatable bonds is 5. The number of nitrogens with zero attached hydrogens (tertiary/aromatic N) is 1. The van der Waals surface area contributed by atoms with E-state index in [1.165, 1.54) is 0 Å². The fourth-order valence-corrected chi connectivity index (χ4v) is 2.18. The molecule has 0 spiro atoms. The molecule has 0 saturated carbocycles. The lowest BCUT2D eigenvalue weighted by Gasteiger charge is -2.15. The van der Waals surface area contributed by atoms with E-state index in [1.807, 2.05) is 30.3 Å². The van der Waals surface area contributed by atoms with Gasteiger partial charge in [0.05, 0.1) is 12.2 Å². The van der Waals surface area contributed by atoms with Gasteiger partial charge in [0.1, 0.15) is 11.3 Å². The second-order valence-electron chi connectivity index (χ2n) is 4.62. The quantitative estimate of drug-likeness (QED) is 0.520. The molecule has 1 aromatic carbocycles. The Labute approximate surface area is 134 Å². The van der Waals surface area contributed by atoms with Crippen molar-refractivity contribution < 1.29 is 14.6 Å². The SMILES string of the molecule is C=C(C(=O)OCC)C(O)c1cc(-c2ccccc2)cnc1Cl. The molecular formula is C17H16ClNO3. The third-order valence-electron chi connectivity index (χ3n) is 3.14. The predicted octanol–water partition coefficient (Wildman–Crippen LogP) is 3.55. The van der Waals surface area contributed by atoms with Crippen LogP contribution in [0.3, 0.4) is 0 Å².